The van der Waals surface area contributed by atoms with Crippen LogP contribution in [0.5, 0.6) is 0 Å². The molecule has 1 atom stereocenters. The highest BCUT2D eigenvalue weighted by Gasteiger charge is 2.34. The predicted molar refractivity (Wildman–Crippen MR) is 144 cm³/mol. The van der Waals surface area contributed by atoms with Gasteiger partial charge in [-0.1, -0.05) is 36.2 Å². The summed E-state index contributed by atoms with van der Waals surface area (Å²) in [7, 11) is 0. The van der Waals surface area contributed by atoms with E-state index in [2.05, 4.69) is 33.0 Å². The van der Waals surface area contributed by atoms with Gasteiger partial charge in [-0.3, -0.25) is 9.80 Å². The van der Waals surface area contributed by atoms with Gasteiger partial charge in [0.25, 0.3) is 0 Å². The summed E-state index contributed by atoms with van der Waals surface area (Å²) in [5, 5.41) is 4.74. The summed E-state index contributed by atoms with van der Waals surface area (Å²) in [6.07, 6.45) is 7.88. The first-order valence-electron chi connectivity index (χ1n) is 13.0. The number of likely N-dealkylation sites (tertiary alicyclic amines) is 1. The Morgan fingerprint density at radius 3 is 2.57 bits per heavy atom. The van der Waals surface area contributed by atoms with Gasteiger partial charge >= 0.3 is 0 Å². The zero-order valence-electron chi connectivity index (χ0n) is 20.5. The molecule has 0 bridgehead atoms. The molecule has 2 saturated heterocycles. The number of benzene rings is 1. The van der Waals surface area contributed by atoms with Crippen molar-refractivity contribution in [3.63, 3.8) is 0 Å². The van der Waals surface area contributed by atoms with Crippen LogP contribution in [-0.2, 0) is 13.1 Å². The SMILES string of the molecule is CC[C@H]1CN(c2ncc(CNC3CC3)cc2Cl)CCN1C1CCN(Cc2ccc(Cl)cc2F)CC1.[HH]. The molecule has 1 aromatic carbocycles. The largest absolute Gasteiger partial charge is 0.353 e. The summed E-state index contributed by atoms with van der Waals surface area (Å²) in [6.45, 7) is 8.68. The van der Waals surface area contributed by atoms with Gasteiger partial charge in [0, 0.05) is 69.1 Å². The van der Waals surface area contributed by atoms with Crippen LogP contribution < -0.4 is 10.2 Å². The Labute approximate surface area is 220 Å². The van der Waals surface area contributed by atoms with Crippen molar-refractivity contribution in [1.82, 2.24) is 20.1 Å². The lowest BCUT2D eigenvalue weighted by Crippen LogP contribution is -2.58. The van der Waals surface area contributed by atoms with Crippen molar-refractivity contribution in [2.75, 3.05) is 37.6 Å². The van der Waals surface area contributed by atoms with E-state index in [0.717, 1.165) is 80.5 Å². The number of pyridine rings is 1. The number of aromatic nitrogens is 1. The summed E-state index contributed by atoms with van der Waals surface area (Å²) in [4.78, 5) is 12.2. The zero-order valence-corrected chi connectivity index (χ0v) is 22.0. The number of piperazine rings is 1. The standard InChI is InChI=1S/C27H36Cl2FN5.H2/c1-2-23-18-34(27-25(29)13-19(16-32-27)15-31-22-5-6-22)11-12-35(23)24-7-9-33(10-8-24)17-20-3-4-21(28)14-26(20)30;/h3-4,13-14,16,22-24,31H,2,5-12,15,17-18H2,1H3;1H/t23-;/m0./s1. The first kappa shape index (κ1) is 25.2. The van der Waals surface area contributed by atoms with E-state index in [1.807, 2.05) is 12.3 Å². The highest BCUT2D eigenvalue weighted by atomic mass is 35.5. The molecule has 0 amide bonds. The van der Waals surface area contributed by atoms with E-state index in [-0.39, 0.29) is 7.24 Å². The monoisotopic (exact) mass is 521 g/mol. The van der Waals surface area contributed by atoms with Crippen molar-refractivity contribution >= 4 is 29.0 Å². The van der Waals surface area contributed by atoms with Crippen molar-refractivity contribution in [3.05, 3.63) is 57.5 Å². The van der Waals surface area contributed by atoms with E-state index in [1.54, 1.807) is 6.07 Å². The minimum absolute atomic E-state index is 0. The van der Waals surface area contributed by atoms with Crippen LogP contribution in [0.3, 0.4) is 0 Å². The van der Waals surface area contributed by atoms with Crippen molar-refractivity contribution in [3.8, 4) is 0 Å². The normalized spacial score (nSPS) is 22.6. The summed E-state index contributed by atoms with van der Waals surface area (Å²) in [5.74, 6) is 0.709. The Balaban J connectivity index is 0.00000304. The average Bonchev–Trinajstić information content (AvgIpc) is 3.69. The van der Waals surface area contributed by atoms with Gasteiger partial charge in [0.05, 0.1) is 5.02 Å². The van der Waals surface area contributed by atoms with Crippen LogP contribution in [-0.4, -0.2) is 65.6 Å². The first-order chi connectivity index (χ1) is 17.0. The van der Waals surface area contributed by atoms with Gasteiger partial charge in [-0.25, -0.2) is 9.37 Å². The molecule has 1 N–H and O–H groups in total. The second kappa shape index (κ2) is 11.3. The molecule has 1 saturated carbocycles. The lowest BCUT2D eigenvalue weighted by Gasteiger charge is -2.47. The molecule has 3 heterocycles. The molecule has 3 aliphatic rings. The number of nitrogens with zero attached hydrogens (tertiary/aromatic N) is 4. The van der Waals surface area contributed by atoms with Gasteiger partial charge in [-0.15, -0.1) is 0 Å². The quantitative estimate of drug-likeness (QED) is 0.489. The molecule has 0 spiro atoms. The molecule has 8 heteroatoms. The number of rotatable bonds is 8. The Morgan fingerprint density at radius 2 is 1.89 bits per heavy atom. The number of nitrogens with one attached hydrogen (secondary N) is 1. The third-order valence-electron chi connectivity index (χ3n) is 7.78. The van der Waals surface area contributed by atoms with Gasteiger partial charge < -0.3 is 10.2 Å². The van der Waals surface area contributed by atoms with Crippen LogP contribution in [0.25, 0.3) is 0 Å². The maximum absolute atomic E-state index is 14.2. The van der Waals surface area contributed by atoms with Crippen LogP contribution in [0.2, 0.25) is 10.0 Å². The third-order valence-corrected chi connectivity index (χ3v) is 8.30. The number of anilines is 1. The summed E-state index contributed by atoms with van der Waals surface area (Å²) in [6, 6.07) is 8.82. The van der Waals surface area contributed by atoms with E-state index in [9.17, 15) is 4.39 Å². The Bertz CT molecular complexity index is 1020. The molecule has 5 rings (SSSR count). The molecule has 0 unspecified atom stereocenters. The predicted octanol–water partition coefficient (Wildman–Crippen LogP) is 5.59. The van der Waals surface area contributed by atoms with Crippen LogP contribution >= 0.6 is 23.2 Å². The van der Waals surface area contributed by atoms with E-state index >= 15 is 0 Å². The fourth-order valence-corrected chi connectivity index (χ4v) is 6.02. The lowest BCUT2D eigenvalue weighted by molar-refractivity contribution is 0.0607. The zero-order chi connectivity index (χ0) is 24.4. The summed E-state index contributed by atoms with van der Waals surface area (Å²) in [5.41, 5.74) is 1.88. The molecular weight excluding hydrogens is 484 g/mol. The van der Waals surface area contributed by atoms with E-state index < -0.39 is 0 Å². The van der Waals surface area contributed by atoms with E-state index in [4.69, 9.17) is 28.2 Å². The van der Waals surface area contributed by atoms with Gasteiger partial charge in [0.15, 0.2) is 0 Å². The van der Waals surface area contributed by atoms with Crippen molar-refractivity contribution in [2.45, 2.75) is 70.2 Å². The fraction of sp³-hybridized carbons (Fsp3) is 0.593. The molecule has 5 nitrogen and oxygen atoms in total. The number of hydrogen-bond donors (Lipinski definition) is 1. The smallest absolute Gasteiger partial charge is 0.147 e. The highest BCUT2D eigenvalue weighted by molar-refractivity contribution is 6.33. The van der Waals surface area contributed by atoms with Crippen molar-refractivity contribution in [1.29, 1.82) is 0 Å². The molecule has 1 aromatic heterocycles. The van der Waals surface area contributed by atoms with Gasteiger partial charge in [-0.05, 0) is 69.0 Å². The molecule has 0 radical (unpaired) electrons. The van der Waals surface area contributed by atoms with Crippen molar-refractivity contribution < 1.29 is 5.82 Å². The first-order valence-corrected chi connectivity index (χ1v) is 13.8. The minimum Gasteiger partial charge on any atom is -0.353 e. The average molecular weight is 523 g/mol. The van der Waals surface area contributed by atoms with Crippen LogP contribution in [0.15, 0.2) is 30.5 Å². The van der Waals surface area contributed by atoms with Crippen LogP contribution in [0.1, 0.15) is 51.6 Å². The fourth-order valence-electron chi connectivity index (χ4n) is 5.56. The molecule has 2 aromatic rings. The van der Waals surface area contributed by atoms with E-state index in [1.165, 1.54) is 18.9 Å². The molecule has 35 heavy (non-hydrogen) atoms. The second-order valence-electron chi connectivity index (χ2n) is 10.3. The van der Waals surface area contributed by atoms with Crippen molar-refractivity contribution in [2.24, 2.45) is 0 Å². The highest BCUT2D eigenvalue weighted by Crippen LogP contribution is 2.30. The van der Waals surface area contributed by atoms with Crippen LogP contribution in [0, 0.1) is 5.82 Å². The molecular formula is C27H38Cl2FN5. The summed E-state index contributed by atoms with van der Waals surface area (Å²) < 4.78 is 14.2. The van der Waals surface area contributed by atoms with Crippen LogP contribution in [0.4, 0.5) is 10.2 Å². The van der Waals surface area contributed by atoms with Gasteiger partial charge in [0.2, 0.25) is 0 Å². The molecule has 1 aliphatic carbocycles. The topological polar surface area (TPSA) is 34.6 Å². The molecule has 3 fully saturated rings. The number of hydrogen-bond acceptors (Lipinski definition) is 5. The lowest BCUT2D eigenvalue weighted by atomic mass is 9.97. The number of halogens is 3. The molecule has 192 valence electrons. The Kier molecular flexibility index (Phi) is 8.15. The Morgan fingerprint density at radius 1 is 1.09 bits per heavy atom. The summed E-state index contributed by atoms with van der Waals surface area (Å²) >= 11 is 12.6. The van der Waals surface area contributed by atoms with E-state index in [0.29, 0.717) is 29.7 Å². The second-order valence-corrected chi connectivity index (χ2v) is 11.1. The maximum atomic E-state index is 14.2. The maximum Gasteiger partial charge on any atom is 0.147 e. The van der Waals surface area contributed by atoms with Gasteiger partial charge in [0.1, 0.15) is 11.6 Å². The third kappa shape index (κ3) is 6.28. The minimum atomic E-state index is -0.207. The Hall–Kier alpha value is -1.44. The van der Waals surface area contributed by atoms with Gasteiger partial charge in [-0.2, -0.15) is 0 Å². The molecule has 2 aliphatic heterocycles. The number of piperidine rings is 1.